The molecule has 1 rings (SSSR count). The van der Waals surface area contributed by atoms with E-state index in [1.165, 1.54) is 0 Å². The number of nitrogens with zero attached hydrogens (tertiary/aromatic N) is 2. The molecule has 0 saturated heterocycles. The molecule has 2 nitrogen and oxygen atoms in total. The zero-order valence-corrected chi connectivity index (χ0v) is 10.0. The van der Waals surface area contributed by atoms with E-state index in [0.29, 0.717) is 16.5 Å². The van der Waals surface area contributed by atoms with Gasteiger partial charge in [0.1, 0.15) is 0 Å². The summed E-state index contributed by atoms with van der Waals surface area (Å²) in [6, 6.07) is 7.53. The zero-order chi connectivity index (χ0) is 11.3. The maximum absolute atomic E-state index is 8.43. The van der Waals surface area contributed by atoms with Crippen molar-refractivity contribution in [3.05, 3.63) is 28.2 Å². The second-order valence-corrected chi connectivity index (χ2v) is 4.12. The third kappa shape index (κ3) is 3.62. The highest BCUT2D eigenvalue weighted by Gasteiger charge is 2.05. The highest BCUT2D eigenvalue weighted by molar-refractivity contribution is 6.36. The molecule has 0 bridgehead atoms. The smallest absolute Gasteiger partial charge is 0.0654 e. The molecule has 1 aromatic carbocycles. The van der Waals surface area contributed by atoms with E-state index in [-0.39, 0.29) is 0 Å². The molecule has 0 N–H and O–H groups in total. The van der Waals surface area contributed by atoms with E-state index in [1.54, 1.807) is 6.07 Å². The third-order valence-corrected chi connectivity index (χ3v) is 2.64. The van der Waals surface area contributed by atoms with Gasteiger partial charge in [0, 0.05) is 25.0 Å². The van der Waals surface area contributed by atoms with E-state index in [4.69, 9.17) is 28.5 Å². The van der Waals surface area contributed by atoms with Crippen LogP contribution in [0.25, 0.3) is 0 Å². The number of benzene rings is 1. The summed E-state index contributed by atoms with van der Waals surface area (Å²) in [6.07, 6.45) is 1.40. The lowest BCUT2D eigenvalue weighted by atomic mass is 10.2. The summed E-state index contributed by atoms with van der Waals surface area (Å²) in [4.78, 5) is 2.02. The number of hydrogen-bond donors (Lipinski definition) is 0. The van der Waals surface area contributed by atoms with Crippen LogP contribution in [-0.2, 0) is 0 Å². The Hall–Kier alpha value is -0.910. The summed E-state index contributed by atoms with van der Waals surface area (Å²) in [5, 5.41) is 9.70. The Labute approximate surface area is 100 Å². The van der Waals surface area contributed by atoms with Crippen LogP contribution in [0.1, 0.15) is 12.8 Å². The van der Waals surface area contributed by atoms with E-state index in [2.05, 4.69) is 6.07 Å². The van der Waals surface area contributed by atoms with Gasteiger partial charge in [0.25, 0.3) is 0 Å². The van der Waals surface area contributed by atoms with Gasteiger partial charge in [0.15, 0.2) is 0 Å². The topological polar surface area (TPSA) is 27.0 Å². The van der Waals surface area contributed by atoms with Crippen molar-refractivity contribution in [2.75, 3.05) is 18.5 Å². The Morgan fingerprint density at radius 2 is 2.13 bits per heavy atom. The van der Waals surface area contributed by atoms with Crippen molar-refractivity contribution < 1.29 is 0 Å². The van der Waals surface area contributed by atoms with Gasteiger partial charge in [-0.3, -0.25) is 0 Å². The predicted molar refractivity (Wildman–Crippen MR) is 64.6 cm³/mol. The normalized spacial score (nSPS) is 9.73. The standard InChI is InChI=1S/C11H12Cl2N2/c1-15(7-3-2-6-14)11-5-4-9(12)8-10(11)13/h4-5,8H,2-3,7H2,1H3. The number of nitriles is 1. The minimum absolute atomic E-state index is 0.565. The molecule has 0 atom stereocenters. The van der Waals surface area contributed by atoms with Gasteiger partial charge < -0.3 is 4.90 Å². The minimum Gasteiger partial charge on any atom is -0.373 e. The van der Waals surface area contributed by atoms with Gasteiger partial charge in [0.05, 0.1) is 16.8 Å². The fourth-order valence-corrected chi connectivity index (χ4v) is 1.86. The van der Waals surface area contributed by atoms with Gasteiger partial charge in [-0.05, 0) is 24.6 Å². The summed E-state index contributed by atoms with van der Waals surface area (Å²) in [7, 11) is 1.95. The minimum atomic E-state index is 0.565. The molecule has 0 aromatic heterocycles. The maximum atomic E-state index is 8.43. The van der Waals surface area contributed by atoms with Crippen LogP contribution >= 0.6 is 23.2 Å². The van der Waals surface area contributed by atoms with Gasteiger partial charge in [-0.25, -0.2) is 0 Å². The molecule has 0 aliphatic heterocycles. The Morgan fingerprint density at radius 3 is 2.73 bits per heavy atom. The fourth-order valence-electron chi connectivity index (χ4n) is 1.31. The van der Waals surface area contributed by atoms with E-state index in [1.807, 2.05) is 24.1 Å². The van der Waals surface area contributed by atoms with Crippen LogP contribution in [0, 0.1) is 11.3 Å². The van der Waals surface area contributed by atoms with Crippen LogP contribution in [0.4, 0.5) is 5.69 Å². The second kappa shape index (κ2) is 5.85. The molecule has 80 valence electrons. The molecule has 1 aromatic rings. The molecule has 4 heteroatoms. The van der Waals surface area contributed by atoms with E-state index in [0.717, 1.165) is 18.7 Å². The molecule has 15 heavy (non-hydrogen) atoms. The van der Waals surface area contributed by atoms with Crippen molar-refractivity contribution in [2.45, 2.75) is 12.8 Å². The van der Waals surface area contributed by atoms with E-state index in [9.17, 15) is 0 Å². The van der Waals surface area contributed by atoms with Crippen LogP contribution in [-0.4, -0.2) is 13.6 Å². The number of anilines is 1. The lowest BCUT2D eigenvalue weighted by molar-refractivity contribution is 0.807. The molecule has 0 unspecified atom stereocenters. The van der Waals surface area contributed by atoms with Crippen LogP contribution in [0.15, 0.2) is 18.2 Å². The molecule has 0 fully saturated rings. The first-order chi connectivity index (χ1) is 7.15. The monoisotopic (exact) mass is 242 g/mol. The Kier molecular flexibility index (Phi) is 4.74. The van der Waals surface area contributed by atoms with Gasteiger partial charge in [-0.15, -0.1) is 0 Å². The van der Waals surface area contributed by atoms with E-state index < -0.39 is 0 Å². The summed E-state index contributed by atoms with van der Waals surface area (Å²) >= 11 is 11.8. The average molecular weight is 243 g/mol. The highest BCUT2D eigenvalue weighted by atomic mass is 35.5. The lowest BCUT2D eigenvalue weighted by Gasteiger charge is -2.19. The average Bonchev–Trinajstić information content (AvgIpc) is 2.17. The molecule has 0 spiro atoms. The predicted octanol–water partition coefficient (Wildman–Crippen LogP) is 3.73. The van der Waals surface area contributed by atoms with Crippen molar-refractivity contribution in [1.29, 1.82) is 5.26 Å². The van der Waals surface area contributed by atoms with Gasteiger partial charge in [-0.1, -0.05) is 23.2 Å². The summed E-state index contributed by atoms with van der Waals surface area (Å²) in [6.45, 7) is 0.814. The SMILES string of the molecule is CN(CCCC#N)c1ccc(Cl)cc1Cl. The van der Waals surface area contributed by atoms with Gasteiger partial charge in [0.2, 0.25) is 0 Å². The Bertz CT molecular complexity index is 371. The highest BCUT2D eigenvalue weighted by Crippen LogP contribution is 2.27. The summed E-state index contributed by atoms with van der Waals surface area (Å²) in [5.74, 6) is 0. The third-order valence-electron chi connectivity index (χ3n) is 2.10. The molecular weight excluding hydrogens is 231 g/mol. The van der Waals surface area contributed by atoms with Crippen molar-refractivity contribution in [3.63, 3.8) is 0 Å². The second-order valence-electron chi connectivity index (χ2n) is 3.28. The Balaban J connectivity index is 2.66. The molecule has 0 radical (unpaired) electrons. The van der Waals surface area contributed by atoms with Crippen molar-refractivity contribution >= 4 is 28.9 Å². The van der Waals surface area contributed by atoms with Gasteiger partial charge >= 0.3 is 0 Å². The molecule has 0 aliphatic carbocycles. The number of rotatable bonds is 4. The van der Waals surface area contributed by atoms with Crippen LogP contribution < -0.4 is 4.90 Å². The van der Waals surface area contributed by atoms with Gasteiger partial charge in [-0.2, -0.15) is 5.26 Å². The number of halogens is 2. The first-order valence-electron chi connectivity index (χ1n) is 4.68. The van der Waals surface area contributed by atoms with Crippen molar-refractivity contribution in [1.82, 2.24) is 0 Å². The first kappa shape index (κ1) is 12.2. The summed E-state index contributed by atoms with van der Waals surface area (Å²) < 4.78 is 0. The number of unbranched alkanes of at least 4 members (excludes halogenated alkanes) is 1. The van der Waals surface area contributed by atoms with Crippen LogP contribution in [0.5, 0.6) is 0 Å². The Morgan fingerprint density at radius 1 is 1.40 bits per heavy atom. The molecule has 0 saturated carbocycles. The quantitative estimate of drug-likeness (QED) is 0.753. The molecule has 0 aliphatic rings. The molecule has 0 heterocycles. The largest absolute Gasteiger partial charge is 0.373 e. The number of hydrogen-bond acceptors (Lipinski definition) is 2. The van der Waals surface area contributed by atoms with Crippen molar-refractivity contribution in [3.8, 4) is 6.07 Å². The fraction of sp³-hybridized carbons (Fsp3) is 0.364. The molecular formula is C11H12Cl2N2. The van der Waals surface area contributed by atoms with E-state index >= 15 is 0 Å². The lowest BCUT2D eigenvalue weighted by Crippen LogP contribution is -2.18. The summed E-state index contributed by atoms with van der Waals surface area (Å²) in [5.41, 5.74) is 0.944. The maximum Gasteiger partial charge on any atom is 0.0654 e. The van der Waals surface area contributed by atoms with Crippen LogP contribution in [0.2, 0.25) is 10.0 Å². The zero-order valence-electron chi connectivity index (χ0n) is 8.50. The first-order valence-corrected chi connectivity index (χ1v) is 5.44. The van der Waals surface area contributed by atoms with Crippen molar-refractivity contribution in [2.24, 2.45) is 0 Å². The van der Waals surface area contributed by atoms with Crippen LogP contribution in [0.3, 0.4) is 0 Å². The molecule has 0 amide bonds.